The topological polar surface area (TPSA) is 145 Å². The largest absolute Gasteiger partial charge is 0.479 e. The minimum absolute atomic E-state index is 0.0918. The molecule has 1 aliphatic rings. The number of rotatable bonds is 12. The maximum absolute atomic E-state index is 13.2. The average molecular weight is 659 g/mol. The van der Waals surface area contributed by atoms with Gasteiger partial charge in [-0.1, -0.05) is 73.7 Å². The maximum Gasteiger partial charge on any atom is 0.323 e. The number of nitrogens with zero attached hydrogens (tertiary/aromatic N) is 4. The molecule has 3 heterocycles. The summed E-state index contributed by atoms with van der Waals surface area (Å²) in [5, 5.41) is 5.21. The lowest BCUT2D eigenvalue weighted by molar-refractivity contribution is -0.150. The second-order valence-corrected chi connectivity index (χ2v) is 12.8. The van der Waals surface area contributed by atoms with Gasteiger partial charge >= 0.3 is 14.5 Å². The van der Waals surface area contributed by atoms with E-state index in [1.54, 1.807) is 6.92 Å². The molecular weight excluding hydrogens is 619 g/mol. The Hall–Kier alpha value is -4.35. The molecule has 5 aromatic rings. The van der Waals surface area contributed by atoms with E-state index < -0.39 is 26.6 Å². The van der Waals surface area contributed by atoms with E-state index >= 15 is 0 Å². The molecule has 3 N–H and O–H groups in total. The average Bonchev–Trinajstić information content (AvgIpc) is 3.60. The fraction of sp³-hybridized carbons (Fsp3) is 0.353. The molecule has 0 spiro atoms. The molecule has 0 aliphatic carbocycles. The molecule has 3 aromatic carbocycles. The maximum atomic E-state index is 13.2. The number of aryl methyl sites for hydroxylation is 1. The number of anilines is 1. The van der Waals surface area contributed by atoms with Crippen LogP contribution < -0.4 is 20.1 Å². The molecule has 6 unspecified atom stereocenters. The molecule has 0 saturated carbocycles. The van der Waals surface area contributed by atoms with Crippen LogP contribution in [0.1, 0.15) is 50.9 Å². The highest BCUT2D eigenvalue weighted by Crippen LogP contribution is 2.43. The summed E-state index contributed by atoms with van der Waals surface area (Å²) < 4.78 is 32.5. The molecule has 12 nitrogen and oxygen atoms in total. The van der Waals surface area contributed by atoms with Crippen molar-refractivity contribution >= 4 is 42.4 Å². The first-order chi connectivity index (χ1) is 22.7. The van der Waals surface area contributed by atoms with Gasteiger partial charge in [0.2, 0.25) is 11.8 Å². The molecule has 246 valence electrons. The second-order valence-electron chi connectivity index (χ2n) is 11.6. The van der Waals surface area contributed by atoms with Crippen LogP contribution in [0.5, 0.6) is 11.6 Å². The Morgan fingerprint density at radius 3 is 2.60 bits per heavy atom. The number of benzene rings is 3. The zero-order chi connectivity index (χ0) is 33.1. The molecule has 0 amide bonds. The number of carbonyl (C=O) groups is 1. The molecule has 0 radical (unpaired) electrons. The minimum atomic E-state index is -1.80. The van der Waals surface area contributed by atoms with E-state index in [9.17, 15) is 4.79 Å². The van der Waals surface area contributed by atoms with E-state index in [0.717, 1.165) is 16.3 Å². The number of hydrogen-bond acceptors (Lipinski definition) is 11. The summed E-state index contributed by atoms with van der Waals surface area (Å²) in [6.45, 7) is 7.81. The highest BCUT2D eigenvalue weighted by molar-refractivity contribution is 7.45. The number of carbonyl (C=O) groups excluding carboxylic acids is 1. The van der Waals surface area contributed by atoms with Crippen LogP contribution in [-0.4, -0.2) is 51.4 Å². The van der Waals surface area contributed by atoms with Gasteiger partial charge in [0.15, 0.2) is 11.2 Å². The second kappa shape index (κ2) is 14.2. The third kappa shape index (κ3) is 7.16. The van der Waals surface area contributed by atoms with Crippen molar-refractivity contribution in [3.63, 3.8) is 0 Å². The Labute approximate surface area is 274 Å². The first-order valence-corrected chi connectivity index (χ1v) is 16.7. The molecule has 1 fully saturated rings. The summed E-state index contributed by atoms with van der Waals surface area (Å²) in [5.41, 5.74) is 7.96. The zero-order valence-electron chi connectivity index (χ0n) is 27.0. The van der Waals surface area contributed by atoms with E-state index in [0.29, 0.717) is 35.0 Å². The van der Waals surface area contributed by atoms with Crippen molar-refractivity contribution in [3.8, 4) is 11.6 Å². The van der Waals surface area contributed by atoms with E-state index in [4.69, 9.17) is 29.0 Å². The number of hydrogen-bond donors (Lipinski definition) is 2. The molecule has 2 aromatic heterocycles. The lowest BCUT2D eigenvalue weighted by Gasteiger charge is -2.25. The molecule has 13 heteroatoms. The van der Waals surface area contributed by atoms with Crippen LogP contribution in [0, 0.1) is 12.8 Å². The number of methoxy groups -OCH3 is 1. The van der Waals surface area contributed by atoms with Crippen LogP contribution in [0.3, 0.4) is 0 Å². The van der Waals surface area contributed by atoms with Gasteiger partial charge in [-0.25, -0.2) is 10.1 Å². The van der Waals surface area contributed by atoms with Crippen molar-refractivity contribution in [2.75, 3.05) is 19.5 Å². The molecular formula is C34H39N6O6P. The Morgan fingerprint density at radius 2 is 1.81 bits per heavy atom. The van der Waals surface area contributed by atoms with Gasteiger partial charge in [0.05, 0.1) is 19.8 Å². The third-order valence-corrected chi connectivity index (χ3v) is 9.47. The van der Waals surface area contributed by atoms with Gasteiger partial charge in [0.25, 0.3) is 0 Å². The van der Waals surface area contributed by atoms with Crippen LogP contribution >= 0.6 is 8.53 Å². The molecule has 6 rings (SSSR count). The van der Waals surface area contributed by atoms with Gasteiger partial charge in [0, 0.05) is 11.3 Å². The quantitative estimate of drug-likeness (QED) is 0.113. The minimum Gasteiger partial charge on any atom is -0.479 e. The fourth-order valence-corrected chi connectivity index (χ4v) is 6.99. The van der Waals surface area contributed by atoms with Crippen molar-refractivity contribution in [2.24, 2.45) is 5.92 Å². The summed E-state index contributed by atoms with van der Waals surface area (Å²) in [4.78, 5) is 26.4. The highest BCUT2D eigenvalue weighted by atomic mass is 31.2. The van der Waals surface area contributed by atoms with Gasteiger partial charge in [-0.05, 0) is 44.2 Å². The number of imidazole rings is 1. The van der Waals surface area contributed by atoms with Crippen molar-refractivity contribution in [1.29, 1.82) is 0 Å². The van der Waals surface area contributed by atoms with Crippen LogP contribution in [0.15, 0.2) is 72.8 Å². The monoisotopic (exact) mass is 658 g/mol. The summed E-state index contributed by atoms with van der Waals surface area (Å²) in [6.07, 6.45) is -0.325. The first-order valence-electron chi connectivity index (χ1n) is 15.5. The summed E-state index contributed by atoms with van der Waals surface area (Å²) in [6, 6.07) is 22.7. The van der Waals surface area contributed by atoms with Gasteiger partial charge in [-0.3, -0.25) is 9.36 Å². The molecule has 1 saturated heterocycles. The normalized spacial score (nSPS) is 19.8. The van der Waals surface area contributed by atoms with E-state index in [2.05, 4.69) is 27.0 Å². The third-order valence-electron chi connectivity index (χ3n) is 8.13. The van der Waals surface area contributed by atoms with E-state index in [-0.39, 0.29) is 30.8 Å². The smallest absolute Gasteiger partial charge is 0.323 e. The van der Waals surface area contributed by atoms with Gasteiger partial charge in [-0.2, -0.15) is 9.97 Å². The number of nitrogens with two attached hydrogens (primary N) is 1. The number of esters is 1. The number of aromatic nitrogens is 4. The van der Waals surface area contributed by atoms with Crippen molar-refractivity contribution in [1.82, 2.24) is 24.6 Å². The highest BCUT2D eigenvalue weighted by Gasteiger charge is 2.37. The van der Waals surface area contributed by atoms with E-state index in [1.807, 2.05) is 91.2 Å². The summed E-state index contributed by atoms with van der Waals surface area (Å²) in [5.74, 6) is 1.45. The van der Waals surface area contributed by atoms with Crippen LogP contribution in [-0.2, 0) is 18.8 Å². The number of nitrogens with one attached hydrogen (secondary N) is 1. The van der Waals surface area contributed by atoms with Gasteiger partial charge < -0.3 is 29.0 Å². The SMILES string of the molecule is COc1nc(N)nc2c1nc(C)n2C1OC(COP(NC(C)C(=O)OC(C)c2ccccc2)Oc2cccc3ccccc23)CC1C. The van der Waals surface area contributed by atoms with Crippen LogP contribution in [0.2, 0.25) is 0 Å². The Morgan fingerprint density at radius 1 is 1.06 bits per heavy atom. The molecule has 1 aliphatic heterocycles. The first kappa shape index (κ1) is 32.6. The number of ether oxygens (including phenoxy) is 3. The zero-order valence-corrected chi connectivity index (χ0v) is 27.9. The Kier molecular flexibility index (Phi) is 9.84. The van der Waals surface area contributed by atoms with Crippen molar-refractivity contribution in [3.05, 3.63) is 84.2 Å². The lowest BCUT2D eigenvalue weighted by Crippen LogP contribution is -2.34. The van der Waals surface area contributed by atoms with Gasteiger partial charge in [-0.15, -0.1) is 0 Å². The number of fused-ring (bicyclic) bond motifs is 2. The molecule has 0 bridgehead atoms. The van der Waals surface area contributed by atoms with E-state index in [1.165, 1.54) is 7.11 Å². The molecule has 47 heavy (non-hydrogen) atoms. The van der Waals surface area contributed by atoms with Crippen molar-refractivity contribution < 1.29 is 28.1 Å². The predicted molar refractivity (Wildman–Crippen MR) is 180 cm³/mol. The molecule has 6 atom stereocenters. The van der Waals surface area contributed by atoms with Gasteiger partial charge in [0.1, 0.15) is 29.9 Å². The standard InChI is InChI=1S/C34H39N6O6P/c1-20-18-26(45-32(20)40-23(4)36-29-30(40)37-34(35)38-31(29)42-5)19-43-47(46-28-17-11-15-25-14-9-10-16-27(25)28)39-21(2)33(41)44-22(3)24-12-7-6-8-13-24/h6-17,20-22,26,32,39H,18-19H2,1-5H3,(H2,35,37,38). The summed E-state index contributed by atoms with van der Waals surface area (Å²) >= 11 is 0. The van der Waals surface area contributed by atoms with Crippen LogP contribution in [0.4, 0.5) is 5.95 Å². The predicted octanol–water partition coefficient (Wildman–Crippen LogP) is 6.41. The summed E-state index contributed by atoms with van der Waals surface area (Å²) in [7, 11) is -0.278. The Balaban J connectivity index is 1.18. The van der Waals surface area contributed by atoms with Crippen molar-refractivity contribution in [2.45, 2.75) is 58.6 Å². The Bertz CT molecular complexity index is 1850. The van der Waals surface area contributed by atoms with Crippen LogP contribution in [0.25, 0.3) is 21.9 Å². The lowest BCUT2D eigenvalue weighted by atomic mass is 10.1. The number of nitrogen functional groups attached to an aromatic ring is 1. The fourth-order valence-electron chi connectivity index (χ4n) is 5.75.